The molecule has 78 valence electrons. The molecule has 4 heteroatoms. The zero-order valence-electron chi connectivity index (χ0n) is 8.29. The summed E-state index contributed by atoms with van der Waals surface area (Å²) in [7, 11) is 0. The molecule has 0 aromatic carbocycles. The molecule has 1 saturated carbocycles. The first-order chi connectivity index (χ1) is 6.77. The predicted molar refractivity (Wildman–Crippen MR) is 56.2 cm³/mol. The summed E-state index contributed by atoms with van der Waals surface area (Å²) in [4.78, 5) is 5.39. The molecule has 1 N–H and O–H groups in total. The lowest BCUT2D eigenvalue weighted by Crippen LogP contribution is -2.32. The molecular weight excluding hydrogens is 199 g/mol. The normalized spacial score (nSPS) is 27.0. The maximum atomic E-state index is 13.2. The number of nitrogens with zero attached hydrogens (tertiary/aromatic N) is 1. The van der Waals surface area contributed by atoms with Crippen molar-refractivity contribution in [2.75, 3.05) is 0 Å². The van der Waals surface area contributed by atoms with E-state index in [4.69, 9.17) is 0 Å². The lowest BCUT2D eigenvalue weighted by atomic mass is 10.2. The zero-order chi connectivity index (χ0) is 9.97. The van der Waals surface area contributed by atoms with Gasteiger partial charge in [0.1, 0.15) is 6.17 Å². The lowest BCUT2D eigenvalue weighted by Gasteiger charge is -2.13. The van der Waals surface area contributed by atoms with Gasteiger partial charge in [0.05, 0.1) is 11.2 Å². The van der Waals surface area contributed by atoms with Crippen LogP contribution in [0, 0.1) is 6.92 Å². The molecule has 1 aliphatic carbocycles. The molecule has 2 nitrogen and oxygen atoms in total. The van der Waals surface area contributed by atoms with Gasteiger partial charge in [0.2, 0.25) is 0 Å². The molecule has 0 aliphatic heterocycles. The largest absolute Gasteiger partial charge is 0.306 e. The third kappa shape index (κ3) is 2.12. The van der Waals surface area contributed by atoms with Gasteiger partial charge in [-0.1, -0.05) is 0 Å². The first-order valence-corrected chi connectivity index (χ1v) is 5.92. The van der Waals surface area contributed by atoms with Crippen LogP contribution < -0.4 is 5.32 Å². The highest BCUT2D eigenvalue weighted by molar-refractivity contribution is 7.09. The highest BCUT2D eigenvalue weighted by Crippen LogP contribution is 2.22. The second-order valence-electron chi connectivity index (χ2n) is 3.80. The van der Waals surface area contributed by atoms with Gasteiger partial charge in [0.25, 0.3) is 0 Å². The van der Waals surface area contributed by atoms with E-state index in [-0.39, 0.29) is 6.04 Å². The minimum absolute atomic E-state index is 0.0662. The Morgan fingerprint density at radius 2 is 2.50 bits per heavy atom. The maximum Gasteiger partial charge on any atom is 0.115 e. The monoisotopic (exact) mass is 214 g/mol. The number of nitrogens with one attached hydrogen (secondary N) is 1. The van der Waals surface area contributed by atoms with Gasteiger partial charge < -0.3 is 5.32 Å². The Morgan fingerprint density at radius 1 is 1.64 bits per heavy atom. The van der Waals surface area contributed by atoms with Crippen molar-refractivity contribution in [1.29, 1.82) is 0 Å². The maximum absolute atomic E-state index is 13.2. The fraction of sp³-hybridized carbons (Fsp3) is 0.700. The van der Waals surface area contributed by atoms with Crippen LogP contribution in [-0.2, 0) is 6.54 Å². The summed E-state index contributed by atoms with van der Waals surface area (Å²) in [5.74, 6) is 0. The molecule has 0 saturated heterocycles. The number of alkyl halides is 1. The zero-order valence-corrected chi connectivity index (χ0v) is 9.11. The molecule has 0 radical (unpaired) electrons. The number of aromatic nitrogens is 1. The quantitative estimate of drug-likeness (QED) is 0.836. The molecule has 1 heterocycles. The molecular formula is C10H15FN2S. The molecule has 1 fully saturated rings. The van der Waals surface area contributed by atoms with Crippen molar-refractivity contribution in [3.63, 3.8) is 0 Å². The van der Waals surface area contributed by atoms with Crippen LogP contribution in [0.4, 0.5) is 4.39 Å². The Bertz CT molecular complexity index is 300. The molecule has 0 bridgehead atoms. The topological polar surface area (TPSA) is 24.9 Å². The second kappa shape index (κ2) is 4.36. The summed E-state index contributed by atoms with van der Waals surface area (Å²) in [5, 5.41) is 3.27. The van der Waals surface area contributed by atoms with Crippen molar-refractivity contribution >= 4 is 11.3 Å². The van der Waals surface area contributed by atoms with Gasteiger partial charge >= 0.3 is 0 Å². The van der Waals surface area contributed by atoms with Gasteiger partial charge in [-0.05, 0) is 26.2 Å². The summed E-state index contributed by atoms with van der Waals surface area (Å²) < 4.78 is 13.2. The Labute approximate surface area is 87.6 Å². The molecule has 2 rings (SSSR count). The fourth-order valence-electron chi connectivity index (χ4n) is 1.86. The Kier molecular flexibility index (Phi) is 3.13. The van der Waals surface area contributed by atoms with E-state index in [1.807, 2.05) is 12.4 Å². The summed E-state index contributed by atoms with van der Waals surface area (Å²) in [6, 6.07) is 0.0662. The van der Waals surface area contributed by atoms with Crippen LogP contribution in [-0.4, -0.2) is 17.2 Å². The number of thiazole rings is 1. The van der Waals surface area contributed by atoms with Gasteiger partial charge in [0.15, 0.2) is 0 Å². The summed E-state index contributed by atoms with van der Waals surface area (Å²) in [6.07, 6.45) is 2.06. The SMILES string of the molecule is Cc1ncsc1CN[C@@H]1CCC[C@@H]1F. The summed E-state index contributed by atoms with van der Waals surface area (Å²) >= 11 is 1.64. The van der Waals surface area contributed by atoms with Gasteiger partial charge in [-0.3, -0.25) is 0 Å². The molecule has 0 spiro atoms. The number of aryl methyl sites for hydroxylation is 1. The third-order valence-electron chi connectivity index (χ3n) is 2.80. The molecule has 1 aromatic rings. The van der Waals surface area contributed by atoms with Crippen molar-refractivity contribution in [3.05, 3.63) is 16.1 Å². The smallest absolute Gasteiger partial charge is 0.115 e. The van der Waals surface area contributed by atoms with Crippen LogP contribution in [0.5, 0.6) is 0 Å². The number of halogens is 1. The van der Waals surface area contributed by atoms with Crippen LogP contribution >= 0.6 is 11.3 Å². The van der Waals surface area contributed by atoms with Gasteiger partial charge in [-0.15, -0.1) is 11.3 Å². The molecule has 0 unspecified atom stereocenters. The Morgan fingerprint density at radius 3 is 3.07 bits per heavy atom. The standard InChI is InChI=1S/C10H15FN2S/c1-7-10(14-6-13-7)5-12-9-4-2-3-8(9)11/h6,8-9,12H,2-5H2,1H3/t8-,9+/m0/s1. The van der Waals surface area contributed by atoms with Gasteiger partial charge in [0, 0.05) is 17.5 Å². The fourth-order valence-corrected chi connectivity index (χ4v) is 2.59. The lowest BCUT2D eigenvalue weighted by molar-refractivity contribution is 0.279. The van der Waals surface area contributed by atoms with E-state index < -0.39 is 6.17 Å². The predicted octanol–water partition coefficient (Wildman–Crippen LogP) is 2.43. The first-order valence-electron chi connectivity index (χ1n) is 5.04. The first kappa shape index (κ1) is 10.1. The van der Waals surface area contributed by atoms with Crippen LogP contribution in [0.3, 0.4) is 0 Å². The van der Waals surface area contributed by atoms with Crippen molar-refractivity contribution in [3.8, 4) is 0 Å². The van der Waals surface area contributed by atoms with Gasteiger partial charge in [-0.25, -0.2) is 9.37 Å². The van der Waals surface area contributed by atoms with E-state index in [1.54, 1.807) is 11.3 Å². The number of rotatable bonds is 3. The Balaban J connectivity index is 1.85. The van der Waals surface area contributed by atoms with E-state index >= 15 is 0 Å². The van der Waals surface area contributed by atoms with Crippen molar-refractivity contribution in [1.82, 2.24) is 10.3 Å². The minimum Gasteiger partial charge on any atom is -0.306 e. The van der Waals surface area contributed by atoms with E-state index in [0.29, 0.717) is 0 Å². The average Bonchev–Trinajstić information content (AvgIpc) is 2.72. The highest BCUT2D eigenvalue weighted by atomic mass is 32.1. The van der Waals surface area contributed by atoms with E-state index in [9.17, 15) is 4.39 Å². The molecule has 2 atom stereocenters. The van der Waals surface area contributed by atoms with Crippen LogP contribution in [0.1, 0.15) is 29.8 Å². The summed E-state index contributed by atoms with van der Waals surface area (Å²) in [5.41, 5.74) is 2.91. The highest BCUT2D eigenvalue weighted by Gasteiger charge is 2.26. The van der Waals surface area contributed by atoms with Crippen molar-refractivity contribution < 1.29 is 4.39 Å². The summed E-state index contributed by atoms with van der Waals surface area (Å²) in [6.45, 7) is 2.76. The second-order valence-corrected chi connectivity index (χ2v) is 4.73. The van der Waals surface area contributed by atoms with Crippen LogP contribution in [0.2, 0.25) is 0 Å². The molecule has 1 aromatic heterocycles. The van der Waals surface area contributed by atoms with Gasteiger partial charge in [-0.2, -0.15) is 0 Å². The third-order valence-corrected chi connectivity index (χ3v) is 3.74. The van der Waals surface area contributed by atoms with Crippen LogP contribution in [0.25, 0.3) is 0 Å². The number of hydrogen-bond donors (Lipinski definition) is 1. The van der Waals surface area contributed by atoms with Crippen molar-refractivity contribution in [2.45, 2.75) is 44.9 Å². The van der Waals surface area contributed by atoms with E-state index in [0.717, 1.165) is 31.5 Å². The number of hydrogen-bond acceptors (Lipinski definition) is 3. The van der Waals surface area contributed by atoms with Crippen LogP contribution in [0.15, 0.2) is 5.51 Å². The average molecular weight is 214 g/mol. The molecule has 14 heavy (non-hydrogen) atoms. The van der Waals surface area contributed by atoms with E-state index in [2.05, 4.69) is 10.3 Å². The minimum atomic E-state index is -0.650. The van der Waals surface area contributed by atoms with Crippen molar-refractivity contribution in [2.24, 2.45) is 0 Å². The molecule has 0 amide bonds. The molecule has 1 aliphatic rings. The van der Waals surface area contributed by atoms with E-state index in [1.165, 1.54) is 4.88 Å². The Hall–Kier alpha value is -0.480.